The van der Waals surface area contributed by atoms with Crippen molar-refractivity contribution in [1.82, 2.24) is 0 Å². The third-order valence-corrected chi connectivity index (χ3v) is 9.03. The first-order valence-electron chi connectivity index (χ1n) is 13.2. The fourth-order valence-corrected chi connectivity index (χ4v) is 7.52. The summed E-state index contributed by atoms with van der Waals surface area (Å²) in [5.41, 5.74) is 2.97. The largest absolute Gasteiger partial charge is 0.462 e. The monoisotopic (exact) mass is 546 g/mol. The number of nitrogens with one attached hydrogen (secondary N) is 2. The van der Waals surface area contributed by atoms with E-state index in [1.54, 1.807) is 13.8 Å². The van der Waals surface area contributed by atoms with Crippen LogP contribution in [0.2, 0.25) is 0 Å². The van der Waals surface area contributed by atoms with Crippen molar-refractivity contribution in [1.29, 1.82) is 0 Å². The Bertz CT molecular complexity index is 1090. The molecule has 2 aliphatic rings. The van der Waals surface area contributed by atoms with Crippen molar-refractivity contribution in [3.05, 3.63) is 32.0 Å². The Morgan fingerprint density at radius 1 is 0.676 bits per heavy atom. The molecule has 0 saturated heterocycles. The highest BCUT2D eigenvalue weighted by molar-refractivity contribution is 7.17. The maximum atomic E-state index is 12.7. The second-order valence-electron chi connectivity index (χ2n) is 9.22. The quantitative estimate of drug-likeness (QED) is 0.372. The molecule has 0 atom stereocenters. The van der Waals surface area contributed by atoms with E-state index in [4.69, 9.17) is 9.47 Å². The van der Waals surface area contributed by atoms with E-state index in [0.717, 1.165) is 72.2 Å². The zero-order valence-corrected chi connectivity index (χ0v) is 23.1. The van der Waals surface area contributed by atoms with Gasteiger partial charge in [-0.15, -0.1) is 22.7 Å². The summed E-state index contributed by atoms with van der Waals surface area (Å²) in [7, 11) is 0. The predicted molar refractivity (Wildman–Crippen MR) is 145 cm³/mol. The second-order valence-corrected chi connectivity index (χ2v) is 11.4. The normalized spacial score (nSPS) is 14.3. The Labute approximate surface area is 225 Å². The van der Waals surface area contributed by atoms with Gasteiger partial charge in [0.05, 0.1) is 24.3 Å². The summed E-state index contributed by atoms with van der Waals surface area (Å²) in [5.74, 6) is -1.27. The minimum atomic E-state index is -0.396. The number of fused-ring (bicyclic) bond motifs is 2. The first kappa shape index (κ1) is 27.3. The van der Waals surface area contributed by atoms with Crippen molar-refractivity contribution < 1.29 is 28.7 Å². The molecule has 4 rings (SSSR count). The molecule has 0 aromatic carbocycles. The maximum absolute atomic E-state index is 12.7. The van der Waals surface area contributed by atoms with Gasteiger partial charge in [0.15, 0.2) is 0 Å². The molecular formula is C27H34N2O6S2. The average molecular weight is 547 g/mol. The van der Waals surface area contributed by atoms with Gasteiger partial charge in [-0.1, -0.05) is 0 Å². The van der Waals surface area contributed by atoms with Gasteiger partial charge in [0.1, 0.15) is 10.0 Å². The van der Waals surface area contributed by atoms with Crippen molar-refractivity contribution in [2.45, 2.75) is 84.5 Å². The van der Waals surface area contributed by atoms with Gasteiger partial charge >= 0.3 is 11.9 Å². The zero-order chi connectivity index (χ0) is 26.4. The molecule has 2 aliphatic carbocycles. The number of thiophene rings is 2. The Kier molecular flexibility index (Phi) is 9.37. The van der Waals surface area contributed by atoms with Crippen LogP contribution in [0.5, 0.6) is 0 Å². The lowest BCUT2D eigenvalue weighted by Crippen LogP contribution is -2.17. The Morgan fingerprint density at radius 2 is 1.08 bits per heavy atom. The van der Waals surface area contributed by atoms with E-state index in [1.165, 1.54) is 22.7 Å². The molecule has 37 heavy (non-hydrogen) atoms. The van der Waals surface area contributed by atoms with E-state index in [1.807, 2.05) is 0 Å². The molecule has 0 unspecified atom stereocenters. The Hall–Kier alpha value is -2.72. The molecule has 0 fully saturated rings. The summed E-state index contributed by atoms with van der Waals surface area (Å²) in [4.78, 5) is 52.9. The second kappa shape index (κ2) is 12.7. The number of anilines is 2. The highest BCUT2D eigenvalue weighted by Gasteiger charge is 2.28. The molecule has 10 heteroatoms. The van der Waals surface area contributed by atoms with E-state index in [0.29, 0.717) is 27.5 Å². The molecule has 0 aliphatic heterocycles. The summed E-state index contributed by atoms with van der Waals surface area (Å²) < 4.78 is 10.5. The highest BCUT2D eigenvalue weighted by atomic mass is 32.1. The molecule has 0 saturated carbocycles. The predicted octanol–water partition coefficient (Wildman–Crippen LogP) is 5.67. The standard InChI is InChI=1S/C27H34N2O6S2/c1-3-34-26(32)22-16-10-5-7-12-18(16)36-24(22)28-20(30)14-9-15-21(31)29-25-23(27(33)35-4-2)17-11-6-8-13-19(17)37-25/h3-15H2,1-2H3,(H,28,30)(H,29,31). The molecular weight excluding hydrogens is 512 g/mol. The lowest BCUT2D eigenvalue weighted by atomic mass is 9.95. The summed E-state index contributed by atoms with van der Waals surface area (Å²) in [6.07, 6.45) is 8.25. The van der Waals surface area contributed by atoms with E-state index >= 15 is 0 Å². The highest BCUT2D eigenvalue weighted by Crippen LogP contribution is 2.40. The molecule has 2 aromatic rings. The van der Waals surface area contributed by atoms with Gasteiger partial charge < -0.3 is 20.1 Å². The smallest absolute Gasteiger partial charge is 0.341 e. The minimum Gasteiger partial charge on any atom is -0.462 e. The number of hydrogen-bond donors (Lipinski definition) is 2. The number of amides is 2. The lowest BCUT2D eigenvalue weighted by molar-refractivity contribution is -0.117. The third kappa shape index (κ3) is 6.41. The number of esters is 2. The Morgan fingerprint density at radius 3 is 1.49 bits per heavy atom. The van der Waals surface area contributed by atoms with Crippen LogP contribution in [0.15, 0.2) is 0 Å². The van der Waals surface area contributed by atoms with Crippen LogP contribution in [-0.2, 0) is 44.7 Å². The number of aryl methyl sites for hydroxylation is 2. The topological polar surface area (TPSA) is 111 Å². The maximum Gasteiger partial charge on any atom is 0.341 e. The number of rotatable bonds is 10. The van der Waals surface area contributed by atoms with Crippen molar-refractivity contribution in [2.75, 3.05) is 23.8 Å². The van der Waals surface area contributed by atoms with Gasteiger partial charge in [-0.3, -0.25) is 9.59 Å². The average Bonchev–Trinajstić information content (AvgIpc) is 3.41. The molecule has 2 aromatic heterocycles. The third-order valence-electron chi connectivity index (χ3n) is 6.62. The molecule has 2 amide bonds. The first-order chi connectivity index (χ1) is 17.9. The van der Waals surface area contributed by atoms with E-state index in [2.05, 4.69) is 10.6 Å². The summed E-state index contributed by atoms with van der Waals surface area (Å²) >= 11 is 2.91. The van der Waals surface area contributed by atoms with Crippen molar-refractivity contribution in [2.24, 2.45) is 0 Å². The van der Waals surface area contributed by atoms with Crippen molar-refractivity contribution >= 4 is 56.4 Å². The lowest BCUT2D eigenvalue weighted by Gasteiger charge is -2.12. The van der Waals surface area contributed by atoms with Crippen LogP contribution in [0.3, 0.4) is 0 Å². The molecule has 2 N–H and O–H groups in total. The SMILES string of the molecule is CCOC(=O)c1c(NC(=O)CCCC(=O)Nc2sc3c(c2C(=O)OCC)CCCC3)sc2c1CCCC2. The number of carbonyl (C=O) groups is 4. The van der Waals surface area contributed by atoms with Gasteiger partial charge in [-0.05, 0) is 82.8 Å². The van der Waals surface area contributed by atoms with Gasteiger partial charge in [0, 0.05) is 22.6 Å². The van der Waals surface area contributed by atoms with Gasteiger partial charge in [-0.25, -0.2) is 9.59 Å². The molecule has 0 radical (unpaired) electrons. The van der Waals surface area contributed by atoms with Gasteiger partial charge in [0.2, 0.25) is 11.8 Å². The summed E-state index contributed by atoms with van der Waals surface area (Å²) in [6, 6.07) is 0. The number of ether oxygens (including phenoxy) is 2. The van der Waals surface area contributed by atoms with Crippen LogP contribution in [-0.4, -0.2) is 37.0 Å². The zero-order valence-electron chi connectivity index (χ0n) is 21.5. The number of hydrogen-bond acceptors (Lipinski definition) is 8. The van der Waals surface area contributed by atoms with Crippen molar-refractivity contribution in [3.8, 4) is 0 Å². The van der Waals surface area contributed by atoms with E-state index < -0.39 is 11.9 Å². The molecule has 2 heterocycles. The van der Waals surface area contributed by atoms with E-state index in [-0.39, 0.29) is 37.9 Å². The van der Waals surface area contributed by atoms with Crippen LogP contribution in [0.4, 0.5) is 10.0 Å². The molecule has 0 spiro atoms. The molecule has 8 nitrogen and oxygen atoms in total. The molecule has 0 bridgehead atoms. The Balaban J connectivity index is 1.35. The van der Waals surface area contributed by atoms with Crippen LogP contribution in [0.1, 0.15) is 100 Å². The first-order valence-corrected chi connectivity index (χ1v) is 14.8. The van der Waals surface area contributed by atoms with Crippen LogP contribution in [0, 0.1) is 0 Å². The fourth-order valence-electron chi connectivity index (χ4n) is 4.93. The number of carbonyl (C=O) groups excluding carboxylic acids is 4. The summed E-state index contributed by atoms with van der Waals surface area (Å²) in [6.45, 7) is 4.08. The molecule has 200 valence electrons. The van der Waals surface area contributed by atoms with Gasteiger partial charge in [-0.2, -0.15) is 0 Å². The fraction of sp³-hybridized carbons (Fsp3) is 0.556. The van der Waals surface area contributed by atoms with Gasteiger partial charge in [0.25, 0.3) is 0 Å². The van der Waals surface area contributed by atoms with Crippen LogP contribution in [0.25, 0.3) is 0 Å². The van der Waals surface area contributed by atoms with Crippen LogP contribution < -0.4 is 10.6 Å². The van der Waals surface area contributed by atoms with Crippen molar-refractivity contribution in [3.63, 3.8) is 0 Å². The minimum absolute atomic E-state index is 0.143. The van der Waals surface area contributed by atoms with E-state index in [9.17, 15) is 19.2 Å². The van der Waals surface area contributed by atoms with Crippen LogP contribution >= 0.6 is 22.7 Å². The summed E-state index contributed by atoms with van der Waals surface area (Å²) in [5, 5.41) is 6.87.